The van der Waals surface area contributed by atoms with Crippen LogP contribution in [0.25, 0.3) is 0 Å². The van der Waals surface area contributed by atoms with E-state index in [1.807, 2.05) is 0 Å². The van der Waals surface area contributed by atoms with Crippen molar-refractivity contribution < 1.29 is 4.74 Å². The van der Waals surface area contributed by atoms with Gasteiger partial charge in [-0.2, -0.15) is 0 Å². The average molecular weight is 275 g/mol. The Labute approximate surface area is 123 Å². The number of benzene rings is 1. The number of nitrogens with one attached hydrogen (secondary N) is 1. The standard InChI is InChI=1S/C18H29NO/c1-3-5-8-15(4-2)19-16-11-13-18(14-12-16)20-17-9-6-7-10-17/h11-15,17,19H,3-10H2,1-2H3. The molecule has 0 spiro atoms. The largest absolute Gasteiger partial charge is 0.490 e. The molecule has 0 amide bonds. The minimum atomic E-state index is 0.446. The van der Waals surface area contributed by atoms with Gasteiger partial charge in [-0.1, -0.05) is 26.7 Å². The zero-order valence-electron chi connectivity index (χ0n) is 13.0. The molecule has 1 aromatic carbocycles. The molecule has 1 N–H and O–H groups in total. The molecule has 2 nitrogen and oxygen atoms in total. The Hall–Kier alpha value is -1.18. The monoisotopic (exact) mass is 275 g/mol. The molecule has 0 saturated heterocycles. The quantitative estimate of drug-likeness (QED) is 0.687. The van der Waals surface area contributed by atoms with Crippen molar-refractivity contribution in [3.8, 4) is 5.75 Å². The molecule has 2 rings (SSSR count). The van der Waals surface area contributed by atoms with E-state index in [-0.39, 0.29) is 0 Å². The summed E-state index contributed by atoms with van der Waals surface area (Å²) >= 11 is 0. The van der Waals surface area contributed by atoms with Crippen molar-refractivity contribution in [1.82, 2.24) is 0 Å². The van der Waals surface area contributed by atoms with Crippen LogP contribution >= 0.6 is 0 Å². The van der Waals surface area contributed by atoms with Gasteiger partial charge in [-0.05, 0) is 62.8 Å². The summed E-state index contributed by atoms with van der Waals surface area (Å²) in [6.45, 7) is 4.51. The predicted molar refractivity (Wildman–Crippen MR) is 86.6 cm³/mol. The van der Waals surface area contributed by atoms with Gasteiger partial charge >= 0.3 is 0 Å². The third-order valence-corrected chi connectivity index (χ3v) is 4.23. The summed E-state index contributed by atoms with van der Waals surface area (Å²) in [5, 5.41) is 3.63. The first-order chi connectivity index (χ1) is 9.81. The predicted octanol–water partition coefficient (Wildman–Crippen LogP) is 5.39. The molecule has 0 aromatic heterocycles. The number of ether oxygens (including phenoxy) is 1. The number of rotatable bonds is 8. The fourth-order valence-corrected chi connectivity index (χ4v) is 2.89. The summed E-state index contributed by atoms with van der Waals surface area (Å²) < 4.78 is 6.00. The Bertz CT molecular complexity index is 368. The molecule has 0 heterocycles. The minimum Gasteiger partial charge on any atom is -0.490 e. The van der Waals surface area contributed by atoms with Crippen LogP contribution in [0.15, 0.2) is 24.3 Å². The van der Waals surface area contributed by atoms with Crippen LogP contribution < -0.4 is 10.1 Å². The van der Waals surface area contributed by atoms with E-state index in [9.17, 15) is 0 Å². The van der Waals surface area contributed by atoms with Crippen molar-refractivity contribution in [1.29, 1.82) is 0 Å². The molecular weight excluding hydrogens is 246 g/mol. The van der Waals surface area contributed by atoms with Crippen molar-refractivity contribution in [2.75, 3.05) is 5.32 Å². The summed E-state index contributed by atoms with van der Waals surface area (Å²) in [4.78, 5) is 0. The van der Waals surface area contributed by atoms with Crippen LogP contribution in [0.5, 0.6) is 5.75 Å². The Morgan fingerprint density at radius 1 is 1.15 bits per heavy atom. The first-order valence-electron chi connectivity index (χ1n) is 8.35. The van der Waals surface area contributed by atoms with Crippen molar-refractivity contribution in [2.45, 2.75) is 77.4 Å². The summed E-state index contributed by atoms with van der Waals surface area (Å²) in [6, 6.07) is 9.11. The molecule has 2 heteroatoms. The fourth-order valence-electron chi connectivity index (χ4n) is 2.89. The number of unbranched alkanes of at least 4 members (excludes halogenated alkanes) is 1. The van der Waals surface area contributed by atoms with Crippen LogP contribution in [0.4, 0.5) is 5.69 Å². The van der Waals surface area contributed by atoms with E-state index in [4.69, 9.17) is 4.74 Å². The van der Waals surface area contributed by atoms with Gasteiger partial charge < -0.3 is 10.1 Å². The van der Waals surface area contributed by atoms with Gasteiger partial charge in [0.05, 0.1) is 6.10 Å². The Kier molecular flexibility index (Phi) is 6.23. The fraction of sp³-hybridized carbons (Fsp3) is 0.667. The smallest absolute Gasteiger partial charge is 0.119 e. The van der Waals surface area contributed by atoms with Gasteiger partial charge in [-0.3, -0.25) is 0 Å². The second kappa shape index (κ2) is 8.18. The highest BCUT2D eigenvalue weighted by Crippen LogP contribution is 2.25. The van der Waals surface area contributed by atoms with E-state index >= 15 is 0 Å². The van der Waals surface area contributed by atoms with Crippen LogP contribution in [0.3, 0.4) is 0 Å². The van der Waals surface area contributed by atoms with E-state index in [1.54, 1.807) is 0 Å². The molecule has 1 atom stereocenters. The maximum Gasteiger partial charge on any atom is 0.119 e. The molecule has 0 bridgehead atoms. The maximum absolute atomic E-state index is 6.00. The number of hydrogen-bond acceptors (Lipinski definition) is 2. The van der Waals surface area contributed by atoms with Gasteiger partial charge in [0.15, 0.2) is 0 Å². The Balaban J connectivity index is 1.83. The highest BCUT2D eigenvalue weighted by Gasteiger charge is 2.16. The van der Waals surface area contributed by atoms with Crippen LogP contribution in [-0.4, -0.2) is 12.1 Å². The average Bonchev–Trinajstić information content (AvgIpc) is 2.98. The molecular formula is C18H29NO. The van der Waals surface area contributed by atoms with Crippen molar-refractivity contribution in [3.63, 3.8) is 0 Å². The summed E-state index contributed by atoms with van der Waals surface area (Å²) in [5.74, 6) is 1.02. The lowest BCUT2D eigenvalue weighted by Crippen LogP contribution is -2.18. The molecule has 1 aromatic rings. The molecule has 1 fully saturated rings. The summed E-state index contributed by atoms with van der Waals surface area (Å²) in [7, 11) is 0. The summed E-state index contributed by atoms with van der Waals surface area (Å²) in [5.41, 5.74) is 1.21. The zero-order valence-corrected chi connectivity index (χ0v) is 13.0. The van der Waals surface area contributed by atoms with E-state index in [2.05, 4.69) is 43.4 Å². The number of hydrogen-bond donors (Lipinski definition) is 1. The lowest BCUT2D eigenvalue weighted by molar-refractivity contribution is 0.210. The van der Waals surface area contributed by atoms with E-state index in [0.29, 0.717) is 12.1 Å². The van der Waals surface area contributed by atoms with Crippen LogP contribution in [0.2, 0.25) is 0 Å². The molecule has 1 aliphatic carbocycles. The lowest BCUT2D eigenvalue weighted by Gasteiger charge is -2.19. The topological polar surface area (TPSA) is 21.3 Å². The third kappa shape index (κ3) is 4.73. The Morgan fingerprint density at radius 3 is 2.45 bits per heavy atom. The van der Waals surface area contributed by atoms with Crippen LogP contribution in [0, 0.1) is 0 Å². The van der Waals surface area contributed by atoms with Crippen molar-refractivity contribution >= 4 is 5.69 Å². The normalized spacial score (nSPS) is 17.1. The highest BCUT2D eigenvalue weighted by atomic mass is 16.5. The van der Waals surface area contributed by atoms with Gasteiger partial charge in [0.2, 0.25) is 0 Å². The Morgan fingerprint density at radius 2 is 1.85 bits per heavy atom. The molecule has 1 unspecified atom stereocenters. The van der Waals surface area contributed by atoms with Crippen molar-refractivity contribution in [2.24, 2.45) is 0 Å². The second-order valence-electron chi connectivity index (χ2n) is 5.94. The van der Waals surface area contributed by atoms with Crippen molar-refractivity contribution in [3.05, 3.63) is 24.3 Å². The van der Waals surface area contributed by atoms with Gasteiger partial charge in [-0.15, -0.1) is 0 Å². The SMILES string of the molecule is CCCCC(CC)Nc1ccc(OC2CCCC2)cc1. The highest BCUT2D eigenvalue weighted by molar-refractivity contribution is 5.47. The first-order valence-corrected chi connectivity index (χ1v) is 8.35. The molecule has 1 saturated carbocycles. The summed E-state index contributed by atoms with van der Waals surface area (Å²) in [6.07, 6.45) is 10.5. The molecule has 0 radical (unpaired) electrons. The molecule has 20 heavy (non-hydrogen) atoms. The van der Waals surface area contributed by atoms with Crippen LogP contribution in [0.1, 0.15) is 65.2 Å². The number of anilines is 1. The minimum absolute atomic E-state index is 0.446. The third-order valence-electron chi connectivity index (χ3n) is 4.23. The zero-order chi connectivity index (χ0) is 14.2. The molecule has 0 aliphatic heterocycles. The van der Waals surface area contributed by atoms with Gasteiger partial charge in [0, 0.05) is 11.7 Å². The van der Waals surface area contributed by atoms with E-state index in [0.717, 1.165) is 5.75 Å². The molecule has 112 valence electrons. The van der Waals surface area contributed by atoms with Gasteiger partial charge in [-0.25, -0.2) is 0 Å². The first kappa shape index (κ1) is 15.2. The van der Waals surface area contributed by atoms with Gasteiger partial charge in [0.1, 0.15) is 5.75 Å². The van der Waals surface area contributed by atoms with E-state index < -0.39 is 0 Å². The van der Waals surface area contributed by atoms with E-state index in [1.165, 1.54) is 57.1 Å². The molecule has 1 aliphatic rings. The second-order valence-corrected chi connectivity index (χ2v) is 5.94. The van der Waals surface area contributed by atoms with Crippen LogP contribution in [-0.2, 0) is 0 Å². The maximum atomic E-state index is 6.00. The van der Waals surface area contributed by atoms with Gasteiger partial charge in [0.25, 0.3) is 0 Å². The lowest BCUT2D eigenvalue weighted by atomic mass is 10.1.